The molecule has 0 bridgehead atoms. The van der Waals surface area contributed by atoms with Crippen LogP contribution in [0, 0.1) is 16.7 Å². The lowest BCUT2D eigenvalue weighted by Crippen LogP contribution is -2.57. The Labute approximate surface area is 110 Å². The second-order valence-corrected chi connectivity index (χ2v) is 4.47. The van der Waals surface area contributed by atoms with E-state index in [1.54, 1.807) is 0 Å². The number of hydrogen-bond donors (Lipinski definition) is 5. The summed E-state index contributed by atoms with van der Waals surface area (Å²) >= 11 is 0. The molecule has 0 spiro atoms. The van der Waals surface area contributed by atoms with E-state index in [4.69, 9.17) is 25.5 Å². The Bertz CT molecular complexity index is 450. The average molecular weight is 290 g/mol. The van der Waals surface area contributed by atoms with Gasteiger partial charge in [-0.1, -0.05) is 0 Å². The Balaban J connectivity index is 3.70. The molecule has 0 amide bonds. The Hall–Kier alpha value is -2.65. The molecule has 0 heterocycles. The van der Waals surface area contributed by atoms with Crippen molar-refractivity contribution in [2.75, 3.05) is 0 Å². The first-order valence-corrected chi connectivity index (χ1v) is 5.20. The van der Waals surface area contributed by atoms with Gasteiger partial charge >= 0.3 is 29.8 Å². The molecule has 0 radical (unpaired) electrons. The van der Waals surface area contributed by atoms with Gasteiger partial charge in [0.2, 0.25) is 0 Å². The van der Waals surface area contributed by atoms with Gasteiger partial charge in [-0.2, -0.15) is 0 Å². The van der Waals surface area contributed by atoms with Crippen LogP contribution in [0.3, 0.4) is 0 Å². The lowest BCUT2D eigenvalue weighted by Gasteiger charge is -2.32. The number of carbonyl (C=O) groups is 5. The molecule has 110 valence electrons. The minimum absolute atomic E-state index is 1.12. The predicted molar refractivity (Wildman–Crippen MR) is 55.8 cm³/mol. The molecule has 0 aromatic carbocycles. The van der Waals surface area contributed by atoms with Crippen molar-refractivity contribution in [3.05, 3.63) is 0 Å². The molecule has 0 unspecified atom stereocenters. The van der Waals surface area contributed by atoms with Crippen molar-refractivity contribution in [2.24, 2.45) is 16.7 Å². The van der Waals surface area contributed by atoms with Gasteiger partial charge in [-0.05, 0) is 12.8 Å². The van der Waals surface area contributed by atoms with Gasteiger partial charge in [0.1, 0.15) is 0 Å². The van der Waals surface area contributed by atoms with Gasteiger partial charge in [0.05, 0.1) is 5.92 Å². The molecule has 5 N–H and O–H groups in total. The summed E-state index contributed by atoms with van der Waals surface area (Å²) in [6.45, 7) is 0. The molecule has 10 nitrogen and oxygen atoms in total. The van der Waals surface area contributed by atoms with Crippen molar-refractivity contribution < 1.29 is 49.5 Å². The lowest BCUT2D eigenvalue weighted by molar-refractivity contribution is -0.191. The van der Waals surface area contributed by atoms with E-state index in [1.165, 1.54) is 0 Å². The smallest absolute Gasteiger partial charge is 0.322 e. The Kier molecular flexibility index (Phi) is 3.45. The fourth-order valence-electron chi connectivity index (χ4n) is 2.60. The molecule has 0 aromatic heterocycles. The van der Waals surface area contributed by atoms with Gasteiger partial charge < -0.3 is 25.5 Å². The van der Waals surface area contributed by atoms with Crippen molar-refractivity contribution in [2.45, 2.75) is 12.8 Å². The standard InChI is InChI=1S/C10H10O10/c11-4(12)3-1-9(5(13)14,6(15)16)10(2-3,7(17)18)8(19)20/h3H,1-2H2,(H,11,12)(H,13,14)(H,15,16)(H,17,18)(H,19,20). The minimum Gasteiger partial charge on any atom is -0.481 e. The topological polar surface area (TPSA) is 186 Å². The highest BCUT2D eigenvalue weighted by molar-refractivity contribution is 6.14. The van der Waals surface area contributed by atoms with Gasteiger partial charge in [0, 0.05) is 0 Å². The van der Waals surface area contributed by atoms with E-state index < -0.39 is 59.4 Å². The molecule has 0 saturated heterocycles. The quantitative estimate of drug-likeness (QED) is 0.384. The number of aliphatic carboxylic acids is 5. The first-order chi connectivity index (χ1) is 9.04. The highest BCUT2D eigenvalue weighted by Crippen LogP contribution is 2.56. The van der Waals surface area contributed by atoms with Crippen LogP contribution in [0.2, 0.25) is 0 Å². The molecule has 0 atom stereocenters. The maximum atomic E-state index is 11.3. The molecule has 1 fully saturated rings. The van der Waals surface area contributed by atoms with Gasteiger partial charge in [-0.15, -0.1) is 0 Å². The molecule has 1 saturated carbocycles. The zero-order valence-electron chi connectivity index (χ0n) is 9.77. The summed E-state index contributed by atoms with van der Waals surface area (Å²) in [6.07, 6.45) is -2.24. The summed E-state index contributed by atoms with van der Waals surface area (Å²) in [5.41, 5.74) is -6.48. The summed E-state index contributed by atoms with van der Waals surface area (Å²) in [4.78, 5) is 55.9. The van der Waals surface area contributed by atoms with E-state index in [0.29, 0.717) is 0 Å². The Morgan fingerprint density at radius 2 is 0.900 bits per heavy atom. The largest absolute Gasteiger partial charge is 0.481 e. The second-order valence-electron chi connectivity index (χ2n) is 4.47. The van der Waals surface area contributed by atoms with Crippen LogP contribution in [-0.2, 0) is 24.0 Å². The van der Waals surface area contributed by atoms with Crippen molar-refractivity contribution in [1.29, 1.82) is 0 Å². The number of hydrogen-bond acceptors (Lipinski definition) is 5. The highest BCUT2D eigenvalue weighted by atomic mass is 16.4. The molecule has 10 heteroatoms. The van der Waals surface area contributed by atoms with Gasteiger partial charge in [-0.3, -0.25) is 24.0 Å². The van der Waals surface area contributed by atoms with Crippen LogP contribution in [0.25, 0.3) is 0 Å². The number of carboxylic acids is 5. The van der Waals surface area contributed by atoms with Crippen molar-refractivity contribution in [3.63, 3.8) is 0 Å². The average Bonchev–Trinajstić information content (AvgIpc) is 2.66. The lowest BCUT2D eigenvalue weighted by atomic mass is 9.65. The summed E-state index contributed by atoms with van der Waals surface area (Å²) in [7, 11) is 0. The Morgan fingerprint density at radius 1 is 0.650 bits per heavy atom. The first-order valence-electron chi connectivity index (χ1n) is 5.20. The highest BCUT2D eigenvalue weighted by Gasteiger charge is 2.76. The minimum atomic E-state index is -3.24. The molecule has 1 aliphatic rings. The molecular formula is C10H10O10. The van der Waals surface area contributed by atoms with E-state index in [9.17, 15) is 24.0 Å². The Morgan fingerprint density at radius 3 is 1.05 bits per heavy atom. The van der Waals surface area contributed by atoms with E-state index in [1.807, 2.05) is 0 Å². The third kappa shape index (κ3) is 1.61. The first kappa shape index (κ1) is 15.4. The van der Waals surface area contributed by atoms with E-state index in [-0.39, 0.29) is 0 Å². The van der Waals surface area contributed by atoms with E-state index >= 15 is 0 Å². The molecule has 0 aliphatic heterocycles. The zero-order valence-corrected chi connectivity index (χ0v) is 9.77. The van der Waals surface area contributed by atoms with Crippen LogP contribution < -0.4 is 0 Å². The van der Waals surface area contributed by atoms with Crippen LogP contribution in [0.4, 0.5) is 0 Å². The molecule has 1 aliphatic carbocycles. The van der Waals surface area contributed by atoms with Crippen molar-refractivity contribution in [3.8, 4) is 0 Å². The zero-order chi connectivity index (χ0) is 15.9. The molecule has 1 rings (SSSR count). The second kappa shape index (κ2) is 4.47. The van der Waals surface area contributed by atoms with Crippen LogP contribution in [0.15, 0.2) is 0 Å². The van der Waals surface area contributed by atoms with E-state index in [0.717, 1.165) is 0 Å². The van der Waals surface area contributed by atoms with Crippen LogP contribution in [-0.4, -0.2) is 55.4 Å². The molecule has 20 heavy (non-hydrogen) atoms. The predicted octanol–water partition coefficient (Wildman–Crippen LogP) is -1.21. The monoisotopic (exact) mass is 290 g/mol. The third-order valence-corrected chi connectivity index (χ3v) is 3.64. The van der Waals surface area contributed by atoms with Crippen LogP contribution in [0.1, 0.15) is 12.8 Å². The maximum absolute atomic E-state index is 11.3. The number of rotatable bonds is 5. The molecular weight excluding hydrogens is 280 g/mol. The summed E-state index contributed by atoms with van der Waals surface area (Å²) in [5.74, 6) is -12.1. The molecule has 0 aromatic rings. The van der Waals surface area contributed by atoms with Gasteiger partial charge in [-0.25, -0.2) is 0 Å². The SMILES string of the molecule is O=C(O)C1CC(C(=O)O)(C(=O)O)C(C(=O)O)(C(=O)O)C1. The normalized spacial score (nSPS) is 20.2. The summed E-state index contributed by atoms with van der Waals surface area (Å²) in [5, 5.41) is 45.1. The van der Waals surface area contributed by atoms with Crippen LogP contribution in [0.5, 0.6) is 0 Å². The number of carboxylic acid groups (broad SMARTS) is 5. The third-order valence-electron chi connectivity index (χ3n) is 3.64. The fraction of sp³-hybridized carbons (Fsp3) is 0.500. The van der Waals surface area contributed by atoms with Crippen molar-refractivity contribution in [1.82, 2.24) is 0 Å². The summed E-state index contributed by atoms with van der Waals surface area (Å²) in [6, 6.07) is 0. The van der Waals surface area contributed by atoms with Crippen LogP contribution >= 0.6 is 0 Å². The van der Waals surface area contributed by atoms with Gasteiger partial charge in [0.15, 0.2) is 10.8 Å². The summed E-state index contributed by atoms with van der Waals surface area (Å²) < 4.78 is 0. The fourth-order valence-corrected chi connectivity index (χ4v) is 2.60. The van der Waals surface area contributed by atoms with Gasteiger partial charge in [0.25, 0.3) is 0 Å². The van der Waals surface area contributed by atoms with E-state index in [2.05, 4.69) is 0 Å². The maximum Gasteiger partial charge on any atom is 0.322 e. The van der Waals surface area contributed by atoms with Crippen molar-refractivity contribution >= 4 is 29.8 Å².